The van der Waals surface area contributed by atoms with E-state index in [9.17, 15) is 9.90 Å². The minimum absolute atomic E-state index is 0.278. The molecule has 5 heteroatoms. The molecule has 0 unspecified atom stereocenters. The van der Waals surface area contributed by atoms with Crippen LogP contribution in [0.1, 0.15) is 38.1 Å². The number of carboxylic acids is 1. The molecule has 0 aliphatic heterocycles. The van der Waals surface area contributed by atoms with E-state index in [1.54, 1.807) is 12.1 Å². The number of aliphatic carboxylic acids is 1. The Morgan fingerprint density at radius 3 is 2.59 bits per heavy atom. The fourth-order valence-corrected chi connectivity index (χ4v) is 2.63. The molecule has 5 nitrogen and oxygen atoms in total. The highest BCUT2D eigenvalue weighted by Crippen LogP contribution is 2.25. The molecule has 0 saturated heterocycles. The number of nitrogens with zero attached hydrogens (tertiary/aromatic N) is 1. The van der Waals surface area contributed by atoms with Gasteiger partial charge in [0.25, 0.3) is 0 Å². The molecule has 3 rings (SSSR count). The maximum atomic E-state index is 11.2. The van der Waals surface area contributed by atoms with Crippen molar-refractivity contribution in [1.82, 2.24) is 4.98 Å². The minimum Gasteiger partial charge on any atom is -0.550 e. The summed E-state index contributed by atoms with van der Waals surface area (Å²) in [5.74, 6) is 0.488. The molecule has 2 aromatic carbocycles. The Morgan fingerprint density at radius 1 is 1.19 bits per heavy atom. The standard InChI is InChI=1S/C22H23NO4/c1-15(2)11-12-26-18-9-7-16(8-10-18)13-17(14-21(24)25)22-23-19-5-3-4-6-20(19)27-22/h3-10,13,15H,11-12,14H2,1-2H3,(H,24,25)/p-1/b17-13+. The van der Waals surface area contributed by atoms with E-state index < -0.39 is 5.97 Å². The number of hydrogen-bond acceptors (Lipinski definition) is 5. The van der Waals surface area contributed by atoms with Crippen LogP contribution in [0, 0.1) is 5.92 Å². The van der Waals surface area contributed by atoms with Crippen LogP contribution in [0.4, 0.5) is 0 Å². The molecular formula is C22H22NO4-. The third kappa shape index (κ3) is 5.20. The molecule has 0 saturated carbocycles. The lowest BCUT2D eigenvalue weighted by molar-refractivity contribution is -0.304. The summed E-state index contributed by atoms with van der Waals surface area (Å²) in [5.41, 5.74) is 2.60. The van der Waals surface area contributed by atoms with Crippen LogP contribution in [-0.2, 0) is 4.79 Å². The average molecular weight is 364 g/mol. The van der Waals surface area contributed by atoms with E-state index in [0.29, 0.717) is 29.2 Å². The van der Waals surface area contributed by atoms with Gasteiger partial charge in [0.05, 0.1) is 6.61 Å². The van der Waals surface area contributed by atoms with E-state index in [-0.39, 0.29) is 12.3 Å². The van der Waals surface area contributed by atoms with E-state index >= 15 is 0 Å². The Kier molecular flexibility index (Phi) is 5.91. The fourth-order valence-electron chi connectivity index (χ4n) is 2.63. The number of para-hydroxylation sites is 2. The van der Waals surface area contributed by atoms with Gasteiger partial charge in [0.2, 0.25) is 5.89 Å². The second kappa shape index (κ2) is 8.54. The van der Waals surface area contributed by atoms with Gasteiger partial charge in [0.1, 0.15) is 11.3 Å². The predicted octanol–water partition coefficient (Wildman–Crippen LogP) is 3.93. The van der Waals surface area contributed by atoms with Crippen molar-refractivity contribution < 1.29 is 19.1 Å². The summed E-state index contributed by atoms with van der Waals surface area (Å²) >= 11 is 0. The second-order valence-electron chi connectivity index (χ2n) is 6.81. The van der Waals surface area contributed by atoms with Gasteiger partial charge in [-0.1, -0.05) is 38.1 Å². The zero-order valence-corrected chi connectivity index (χ0v) is 15.5. The lowest BCUT2D eigenvalue weighted by Gasteiger charge is -2.09. The summed E-state index contributed by atoms with van der Waals surface area (Å²) in [7, 11) is 0. The van der Waals surface area contributed by atoms with Crippen LogP contribution in [-0.4, -0.2) is 17.6 Å². The molecule has 0 fully saturated rings. The first-order valence-electron chi connectivity index (χ1n) is 9.00. The SMILES string of the molecule is CC(C)CCOc1ccc(/C=C(\CC(=O)[O-])c2nc3ccccc3o2)cc1. The number of rotatable bonds is 8. The smallest absolute Gasteiger partial charge is 0.223 e. The number of aromatic nitrogens is 1. The molecule has 3 aromatic rings. The highest BCUT2D eigenvalue weighted by Gasteiger charge is 2.11. The fraction of sp³-hybridized carbons (Fsp3) is 0.273. The number of ether oxygens (including phenoxy) is 1. The zero-order valence-electron chi connectivity index (χ0n) is 15.5. The number of carboxylic acid groups (broad SMARTS) is 1. The van der Waals surface area contributed by atoms with Gasteiger partial charge in [-0.25, -0.2) is 4.98 Å². The third-order valence-electron chi connectivity index (χ3n) is 4.09. The van der Waals surface area contributed by atoms with Gasteiger partial charge in [-0.3, -0.25) is 0 Å². The summed E-state index contributed by atoms with van der Waals surface area (Å²) in [6.45, 7) is 4.98. The second-order valence-corrected chi connectivity index (χ2v) is 6.81. The Balaban J connectivity index is 1.82. The molecule has 0 amide bonds. The summed E-state index contributed by atoms with van der Waals surface area (Å²) < 4.78 is 11.4. The van der Waals surface area contributed by atoms with Gasteiger partial charge in [0, 0.05) is 18.0 Å². The quantitative estimate of drug-likeness (QED) is 0.605. The van der Waals surface area contributed by atoms with Crippen molar-refractivity contribution in [3.63, 3.8) is 0 Å². The van der Waals surface area contributed by atoms with Gasteiger partial charge < -0.3 is 19.1 Å². The van der Waals surface area contributed by atoms with Gasteiger partial charge in [-0.2, -0.15) is 0 Å². The molecule has 0 bridgehead atoms. The van der Waals surface area contributed by atoms with Gasteiger partial charge >= 0.3 is 0 Å². The largest absolute Gasteiger partial charge is 0.550 e. The van der Waals surface area contributed by atoms with Crippen LogP contribution >= 0.6 is 0 Å². The van der Waals surface area contributed by atoms with E-state index in [0.717, 1.165) is 17.7 Å². The lowest BCUT2D eigenvalue weighted by Crippen LogP contribution is -2.22. The molecular weight excluding hydrogens is 342 g/mol. The number of oxazole rings is 1. The van der Waals surface area contributed by atoms with Crippen molar-refractivity contribution in [3.05, 3.63) is 60.0 Å². The van der Waals surface area contributed by atoms with Gasteiger partial charge in [-0.05, 0) is 48.2 Å². The number of hydrogen-bond donors (Lipinski definition) is 0. The normalized spacial score (nSPS) is 11.9. The minimum atomic E-state index is -1.18. The van der Waals surface area contributed by atoms with E-state index in [2.05, 4.69) is 18.8 Å². The number of carbonyl (C=O) groups excluding carboxylic acids is 1. The molecule has 1 heterocycles. The van der Waals surface area contributed by atoms with Crippen LogP contribution in [0.25, 0.3) is 22.7 Å². The molecule has 140 valence electrons. The summed E-state index contributed by atoms with van der Waals surface area (Å²) in [6.07, 6.45) is 2.47. The first-order chi connectivity index (χ1) is 13.0. The Labute approximate surface area is 158 Å². The highest BCUT2D eigenvalue weighted by molar-refractivity contribution is 5.90. The van der Waals surface area contributed by atoms with E-state index in [1.165, 1.54) is 0 Å². The van der Waals surface area contributed by atoms with Crippen molar-refractivity contribution in [2.45, 2.75) is 26.7 Å². The summed E-state index contributed by atoms with van der Waals surface area (Å²) in [5, 5.41) is 11.2. The summed E-state index contributed by atoms with van der Waals surface area (Å²) in [4.78, 5) is 15.6. The zero-order chi connectivity index (χ0) is 19.2. The molecule has 0 N–H and O–H groups in total. The number of fused-ring (bicyclic) bond motifs is 1. The average Bonchev–Trinajstić information content (AvgIpc) is 3.06. The van der Waals surface area contributed by atoms with Crippen LogP contribution in [0.3, 0.4) is 0 Å². The van der Waals surface area contributed by atoms with Crippen LogP contribution in [0.15, 0.2) is 52.9 Å². The predicted molar refractivity (Wildman–Crippen MR) is 103 cm³/mol. The highest BCUT2D eigenvalue weighted by atomic mass is 16.5. The van der Waals surface area contributed by atoms with Crippen LogP contribution in [0.5, 0.6) is 5.75 Å². The van der Waals surface area contributed by atoms with Crippen LogP contribution < -0.4 is 9.84 Å². The molecule has 0 aliphatic rings. The van der Waals surface area contributed by atoms with E-state index in [1.807, 2.05) is 42.5 Å². The van der Waals surface area contributed by atoms with E-state index in [4.69, 9.17) is 9.15 Å². The number of benzene rings is 2. The Bertz CT molecular complexity index is 905. The van der Waals surface area contributed by atoms with Crippen molar-refractivity contribution >= 4 is 28.7 Å². The molecule has 27 heavy (non-hydrogen) atoms. The maximum absolute atomic E-state index is 11.2. The molecule has 0 aliphatic carbocycles. The lowest BCUT2D eigenvalue weighted by atomic mass is 10.1. The first kappa shape index (κ1) is 18.7. The Morgan fingerprint density at radius 2 is 1.93 bits per heavy atom. The van der Waals surface area contributed by atoms with Gasteiger partial charge in [-0.15, -0.1) is 0 Å². The molecule has 1 aromatic heterocycles. The number of carbonyl (C=O) groups is 1. The summed E-state index contributed by atoms with van der Waals surface area (Å²) in [6, 6.07) is 14.8. The third-order valence-corrected chi connectivity index (χ3v) is 4.09. The van der Waals surface area contributed by atoms with Gasteiger partial charge in [0.15, 0.2) is 5.58 Å². The topological polar surface area (TPSA) is 75.4 Å². The van der Waals surface area contributed by atoms with Crippen molar-refractivity contribution in [3.8, 4) is 5.75 Å². The van der Waals surface area contributed by atoms with Crippen molar-refractivity contribution in [1.29, 1.82) is 0 Å². The first-order valence-corrected chi connectivity index (χ1v) is 9.00. The monoisotopic (exact) mass is 364 g/mol. The molecule has 0 radical (unpaired) electrons. The molecule has 0 atom stereocenters. The maximum Gasteiger partial charge on any atom is 0.223 e. The van der Waals surface area contributed by atoms with Crippen LogP contribution in [0.2, 0.25) is 0 Å². The van der Waals surface area contributed by atoms with Crippen molar-refractivity contribution in [2.24, 2.45) is 5.92 Å². The molecule has 0 spiro atoms. The van der Waals surface area contributed by atoms with Crippen molar-refractivity contribution in [2.75, 3.05) is 6.61 Å². The Hall–Kier alpha value is -3.08.